The van der Waals surface area contributed by atoms with Crippen LogP contribution in [0.1, 0.15) is 17.3 Å². The van der Waals surface area contributed by atoms with E-state index < -0.39 is 0 Å². The highest BCUT2D eigenvalue weighted by molar-refractivity contribution is 6.35. The normalized spacial score (nSPS) is 10.4. The van der Waals surface area contributed by atoms with Crippen LogP contribution in [0.25, 0.3) is 10.9 Å². The lowest BCUT2D eigenvalue weighted by molar-refractivity contribution is 0.101. The third-order valence-electron chi connectivity index (χ3n) is 1.97. The smallest absolute Gasteiger partial charge is 0.160 e. The van der Waals surface area contributed by atoms with Crippen LogP contribution in [0.4, 0.5) is 0 Å². The summed E-state index contributed by atoms with van der Waals surface area (Å²) in [4.78, 5) is 15.2. The summed E-state index contributed by atoms with van der Waals surface area (Å²) in [5.74, 6) is -0.0561. The fourth-order valence-corrected chi connectivity index (χ4v) is 1.52. The van der Waals surface area contributed by atoms with E-state index in [4.69, 9.17) is 11.6 Å². The van der Waals surface area contributed by atoms with Gasteiger partial charge in [-0.1, -0.05) is 11.6 Å². The zero-order chi connectivity index (χ0) is 10.1. The van der Waals surface area contributed by atoms with Crippen molar-refractivity contribution in [2.45, 2.75) is 6.92 Å². The Morgan fingerprint density at radius 3 is 3.07 bits per heavy atom. The largest absolute Gasteiger partial charge is 0.294 e. The molecule has 0 spiro atoms. The van der Waals surface area contributed by atoms with Crippen LogP contribution >= 0.6 is 11.6 Å². The van der Waals surface area contributed by atoms with Gasteiger partial charge in [-0.15, -0.1) is 0 Å². The van der Waals surface area contributed by atoms with Gasteiger partial charge in [0.1, 0.15) is 0 Å². The zero-order valence-electron chi connectivity index (χ0n) is 7.54. The lowest BCUT2D eigenvalue weighted by Gasteiger charge is -2.01. The average Bonchev–Trinajstić information content (AvgIpc) is 2.17. The van der Waals surface area contributed by atoms with Crippen LogP contribution in [0.15, 0.2) is 24.4 Å². The van der Waals surface area contributed by atoms with E-state index in [-0.39, 0.29) is 5.78 Å². The fraction of sp³-hybridized carbons (Fsp3) is 0.0909. The number of halogens is 1. The van der Waals surface area contributed by atoms with Gasteiger partial charge < -0.3 is 0 Å². The number of hydrogen-bond donors (Lipinski definition) is 0. The Kier molecular flexibility index (Phi) is 2.22. The first-order valence-electron chi connectivity index (χ1n) is 4.16. The number of carbonyl (C=O) groups excluding carboxylic acids is 1. The first-order chi connectivity index (χ1) is 6.68. The van der Waals surface area contributed by atoms with Crippen LogP contribution in [0, 0.1) is 6.07 Å². The average molecular weight is 205 g/mol. The van der Waals surface area contributed by atoms with Crippen molar-refractivity contribution < 1.29 is 4.79 Å². The predicted molar refractivity (Wildman–Crippen MR) is 55.6 cm³/mol. The molecule has 0 aliphatic rings. The first kappa shape index (κ1) is 9.16. The highest BCUT2D eigenvalue weighted by Gasteiger charge is 2.06. The number of aromatic nitrogens is 1. The topological polar surface area (TPSA) is 30.0 Å². The lowest BCUT2D eigenvalue weighted by atomic mass is 10.1. The third-order valence-corrected chi connectivity index (χ3v) is 2.28. The van der Waals surface area contributed by atoms with Gasteiger partial charge in [0.25, 0.3) is 0 Å². The number of nitrogens with zero attached hydrogens (tertiary/aromatic N) is 1. The predicted octanol–water partition coefficient (Wildman–Crippen LogP) is 2.89. The van der Waals surface area contributed by atoms with E-state index >= 15 is 0 Å². The van der Waals surface area contributed by atoms with E-state index in [0.29, 0.717) is 16.1 Å². The van der Waals surface area contributed by atoms with Crippen molar-refractivity contribution >= 4 is 28.3 Å². The van der Waals surface area contributed by atoms with Gasteiger partial charge in [-0.3, -0.25) is 9.78 Å². The van der Waals surface area contributed by atoms with Crippen LogP contribution in [-0.2, 0) is 0 Å². The maximum Gasteiger partial charge on any atom is 0.160 e. The van der Waals surface area contributed by atoms with Crippen LogP contribution in [0.2, 0.25) is 5.02 Å². The number of Topliss-reactive ketones (excluding diaryl/α,β-unsaturated/α-hetero) is 1. The molecule has 0 fully saturated rings. The van der Waals surface area contributed by atoms with Gasteiger partial charge in [0.05, 0.1) is 10.5 Å². The van der Waals surface area contributed by atoms with Gasteiger partial charge in [-0.25, -0.2) is 0 Å². The summed E-state index contributed by atoms with van der Waals surface area (Å²) in [6.45, 7) is 1.48. The van der Waals surface area contributed by atoms with Gasteiger partial charge in [0.2, 0.25) is 0 Å². The fourth-order valence-electron chi connectivity index (χ4n) is 1.26. The van der Waals surface area contributed by atoms with E-state index in [2.05, 4.69) is 11.1 Å². The molecule has 69 valence electrons. The standard InChI is InChI=1S/C11H7ClNO/c1-7(14)8-5-10(12)9-3-2-4-13-11(9)6-8/h2-5H,1H3. The molecule has 1 aromatic carbocycles. The number of rotatable bonds is 1. The second-order valence-electron chi connectivity index (χ2n) is 2.99. The zero-order valence-corrected chi connectivity index (χ0v) is 8.30. The maximum atomic E-state index is 11.1. The molecule has 0 saturated heterocycles. The number of ketones is 1. The Bertz CT molecular complexity index is 508. The Hall–Kier alpha value is -1.41. The molecule has 0 aliphatic carbocycles. The van der Waals surface area contributed by atoms with E-state index in [0.717, 1.165) is 5.39 Å². The van der Waals surface area contributed by atoms with Crippen molar-refractivity contribution in [1.82, 2.24) is 4.98 Å². The summed E-state index contributed by atoms with van der Waals surface area (Å²) < 4.78 is 0. The van der Waals surface area contributed by atoms with Gasteiger partial charge in [0.15, 0.2) is 5.78 Å². The van der Waals surface area contributed by atoms with E-state index in [1.807, 2.05) is 6.07 Å². The van der Waals surface area contributed by atoms with Crippen LogP contribution < -0.4 is 0 Å². The van der Waals surface area contributed by atoms with Crippen molar-refractivity contribution in [3.63, 3.8) is 0 Å². The molecule has 0 bridgehead atoms. The third kappa shape index (κ3) is 1.49. The molecule has 0 aliphatic heterocycles. The summed E-state index contributed by atoms with van der Waals surface area (Å²) >= 11 is 5.99. The number of pyridine rings is 1. The second-order valence-corrected chi connectivity index (χ2v) is 3.39. The molecule has 0 atom stereocenters. The van der Waals surface area contributed by atoms with E-state index in [1.165, 1.54) is 6.92 Å². The van der Waals surface area contributed by atoms with Crippen molar-refractivity contribution in [1.29, 1.82) is 0 Å². The lowest BCUT2D eigenvalue weighted by Crippen LogP contribution is -1.93. The SMILES string of the molecule is CC(=O)c1[c]c2ncccc2c(Cl)c1. The first-order valence-corrected chi connectivity index (χ1v) is 4.54. The molecule has 1 aromatic heterocycles. The minimum absolute atomic E-state index is 0.0561. The molecular formula is C11H7ClNO. The molecule has 0 unspecified atom stereocenters. The van der Waals surface area contributed by atoms with E-state index in [1.54, 1.807) is 18.3 Å². The molecule has 3 heteroatoms. The monoisotopic (exact) mass is 204 g/mol. The van der Waals surface area contributed by atoms with Crippen molar-refractivity contribution in [2.24, 2.45) is 0 Å². The molecule has 14 heavy (non-hydrogen) atoms. The van der Waals surface area contributed by atoms with Crippen molar-refractivity contribution in [2.75, 3.05) is 0 Å². The van der Waals surface area contributed by atoms with E-state index in [9.17, 15) is 4.79 Å². The highest BCUT2D eigenvalue weighted by atomic mass is 35.5. The van der Waals surface area contributed by atoms with Crippen molar-refractivity contribution in [3.8, 4) is 0 Å². The molecular weight excluding hydrogens is 198 g/mol. The Morgan fingerprint density at radius 2 is 2.36 bits per heavy atom. The second kappa shape index (κ2) is 3.39. The highest BCUT2D eigenvalue weighted by Crippen LogP contribution is 2.23. The maximum absolute atomic E-state index is 11.1. The summed E-state index contributed by atoms with van der Waals surface area (Å²) in [6.07, 6.45) is 1.65. The summed E-state index contributed by atoms with van der Waals surface area (Å²) in [6, 6.07) is 8.19. The minimum Gasteiger partial charge on any atom is -0.294 e. The van der Waals surface area contributed by atoms with Gasteiger partial charge in [0, 0.05) is 23.2 Å². The molecule has 0 N–H and O–H groups in total. The van der Waals surface area contributed by atoms with Gasteiger partial charge >= 0.3 is 0 Å². The van der Waals surface area contributed by atoms with Gasteiger partial charge in [-0.05, 0) is 25.1 Å². The number of benzene rings is 1. The number of hydrogen-bond acceptors (Lipinski definition) is 2. The molecule has 0 saturated carbocycles. The summed E-state index contributed by atoms with van der Waals surface area (Å²) in [5.41, 5.74) is 1.10. The van der Waals surface area contributed by atoms with Gasteiger partial charge in [-0.2, -0.15) is 0 Å². The van der Waals surface area contributed by atoms with Crippen molar-refractivity contribution in [3.05, 3.63) is 41.0 Å². The molecule has 0 amide bonds. The molecule has 1 radical (unpaired) electrons. The molecule has 1 heterocycles. The van der Waals surface area contributed by atoms with Crippen LogP contribution in [-0.4, -0.2) is 10.8 Å². The molecule has 2 rings (SSSR count). The summed E-state index contributed by atoms with van der Waals surface area (Å²) in [5, 5.41) is 1.36. The number of carbonyl (C=O) groups is 1. The van der Waals surface area contributed by atoms with Crippen LogP contribution in [0.3, 0.4) is 0 Å². The Balaban J connectivity index is 2.78. The molecule has 2 nitrogen and oxygen atoms in total. The minimum atomic E-state index is -0.0561. The number of fused-ring (bicyclic) bond motifs is 1. The molecule has 2 aromatic rings. The Labute approximate surface area is 86.5 Å². The quantitative estimate of drug-likeness (QED) is 0.669. The summed E-state index contributed by atoms with van der Waals surface area (Å²) in [7, 11) is 0. The van der Waals surface area contributed by atoms with Crippen LogP contribution in [0.5, 0.6) is 0 Å². The Morgan fingerprint density at radius 1 is 1.57 bits per heavy atom.